The van der Waals surface area contributed by atoms with Crippen molar-refractivity contribution in [2.45, 2.75) is 38.9 Å². The molecule has 1 amide bonds. The van der Waals surface area contributed by atoms with Crippen molar-refractivity contribution in [1.82, 2.24) is 5.32 Å². The van der Waals surface area contributed by atoms with Crippen LogP contribution in [-0.4, -0.2) is 30.3 Å². The van der Waals surface area contributed by atoms with E-state index in [0.29, 0.717) is 0 Å². The van der Waals surface area contributed by atoms with E-state index in [0.717, 1.165) is 0 Å². The molecule has 21 heavy (non-hydrogen) atoms. The third-order valence-corrected chi connectivity index (χ3v) is 2.22. The summed E-state index contributed by atoms with van der Waals surface area (Å²) in [6.45, 7) is 5.20. The Morgan fingerprint density at radius 1 is 1.48 bits per heavy atom. The quantitative estimate of drug-likeness (QED) is 0.836. The van der Waals surface area contributed by atoms with Crippen molar-refractivity contribution in [3.05, 3.63) is 24.2 Å². The van der Waals surface area contributed by atoms with Crippen molar-refractivity contribution in [3.8, 4) is 6.07 Å². The van der Waals surface area contributed by atoms with Gasteiger partial charge in [-0.3, -0.25) is 0 Å². The minimum absolute atomic E-state index is 0.00787. The van der Waals surface area contributed by atoms with Gasteiger partial charge in [0.15, 0.2) is 0 Å². The average molecular weight is 294 g/mol. The van der Waals surface area contributed by atoms with Gasteiger partial charge < -0.3 is 19.2 Å². The van der Waals surface area contributed by atoms with E-state index >= 15 is 0 Å². The molecule has 1 aromatic rings. The van der Waals surface area contributed by atoms with Gasteiger partial charge in [-0.05, 0) is 26.8 Å². The van der Waals surface area contributed by atoms with Gasteiger partial charge in [-0.25, -0.2) is 9.59 Å². The predicted molar refractivity (Wildman–Crippen MR) is 72.4 cm³/mol. The Morgan fingerprint density at radius 2 is 2.19 bits per heavy atom. The Hall–Kier alpha value is -2.49. The fraction of sp³-hybridized carbons (Fsp3) is 0.500. The molecule has 0 spiro atoms. The maximum atomic E-state index is 11.7. The van der Waals surface area contributed by atoms with Crippen LogP contribution in [0.15, 0.2) is 23.0 Å². The second kappa shape index (κ2) is 7.33. The molecule has 1 N–H and O–H groups in total. The number of carbonyl (C=O) groups excluding carboxylic acids is 2. The number of nitrogens with one attached hydrogen (secondary N) is 1. The zero-order valence-corrected chi connectivity index (χ0v) is 12.2. The monoisotopic (exact) mass is 294 g/mol. The molecule has 0 bridgehead atoms. The highest BCUT2D eigenvalue weighted by Gasteiger charge is 2.20. The van der Waals surface area contributed by atoms with Crippen LogP contribution in [0.1, 0.15) is 37.6 Å². The molecule has 0 aliphatic rings. The second-order valence-corrected chi connectivity index (χ2v) is 5.28. The molecule has 114 valence electrons. The normalized spacial score (nSPS) is 12.1. The zero-order chi connectivity index (χ0) is 15.9. The summed E-state index contributed by atoms with van der Waals surface area (Å²) in [7, 11) is 0. The standard InChI is InChI=1S/C14H18N2O5/c1-14(2,3)21-13(18)16-8-11(4-6-15)20-12(17)10-5-7-19-9-10/h5,7,9,11H,4,8H2,1-3H3,(H,16,18)/t11-/m0/s1. The summed E-state index contributed by atoms with van der Waals surface area (Å²) in [4.78, 5) is 23.2. The van der Waals surface area contributed by atoms with Gasteiger partial charge in [0, 0.05) is 0 Å². The molecule has 7 heteroatoms. The molecular formula is C14H18N2O5. The summed E-state index contributed by atoms with van der Waals surface area (Å²) in [6.07, 6.45) is 1.15. The second-order valence-electron chi connectivity index (χ2n) is 5.28. The third kappa shape index (κ3) is 6.47. The third-order valence-electron chi connectivity index (χ3n) is 2.22. The SMILES string of the molecule is CC(C)(C)OC(=O)NC[C@H](CC#N)OC(=O)c1ccoc1. The van der Waals surface area contributed by atoms with Gasteiger partial charge in [-0.1, -0.05) is 0 Å². The predicted octanol–water partition coefficient (Wildman–Crippen LogP) is 2.24. The van der Waals surface area contributed by atoms with Crippen molar-refractivity contribution in [2.75, 3.05) is 6.54 Å². The van der Waals surface area contributed by atoms with Gasteiger partial charge in [0.2, 0.25) is 0 Å². The molecule has 0 radical (unpaired) electrons. The topological polar surface area (TPSA) is 102 Å². The first kappa shape index (κ1) is 16.6. The van der Waals surface area contributed by atoms with Gasteiger partial charge in [-0.15, -0.1) is 0 Å². The Morgan fingerprint density at radius 3 is 2.71 bits per heavy atom. The summed E-state index contributed by atoms with van der Waals surface area (Å²) >= 11 is 0. The van der Waals surface area contributed by atoms with E-state index in [4.69, 9.17) is 19.2 Å². The Bertz CT molecular complexity index is 510. The fourth-order valence-electron chi connectivity index (χ4n) is 1.37. The van der Waals surface area contributed by atoms with Gasteiger partial charge in [0.05, 0.1) is 30.9 Å². The van der Waals surface area contributed by atoms with Gasteiger partial charge in [0.1, 0.15) is 18.0 Å². The molecule has 0 aromatic carbocycles. The Kier molecular flexibility index (Phi) is 5.79. The number of esters is 1. The van der Waals surface area contributed by atoms with Crippen LogP contribution in [0.25, 0.3) is 0 Å². The fourth-order valence-corrected chi connectivity index (χ4v) is 1.37. The van der Waals surface area contributed by atoms with E-state index < -0.39 is 23.8 Å². The van der Waals surface area contributed by atoms with Crippen LogP contribution in [-0.2, 0) is 9.47 Å². The number of nitrogens with zero attached hydrogens (tertiary/aromatic N) is 1. The van der Waals surface area contributed by atoms with E-state index in [1.165, 1.54) is 18.6 Å². The van der Waals surface area contributed by atoms with E-state index in [1.54, 1.807) is 20.8 Å². The summed E-state index contributed by atoms with van der Waals surface area (Å²) in [6, 6.07) is 3.35. The smallest absolute Gasteiger partial charge is 0.407 e. The van der Waals surface area contributed by atoms with Crippen molar-refractivity contribution < 1.29 is 23.5 Å². The highest BCUT2D eigenvalue weighted by molar-refractivity contribution is 5.89. The number of carbonyl (C=O) groups is 2. The maximum absolute atomic E-state index is 11.7. The molecule has 1 heterocycles. The molecule has 0 aliphatic carbocycles. The molecule has 1 atom stereocenters. The average Bonchev–Trinajstić information content (AvgIpc) is 2.88. The van der Waals surface area contributed by atoms with E-state index in [-0.39, 0.29) is 18.5 Å². The van der Waals surface area contributed by atoms with Crippen LogP contribution in [0.4, 0.5) is 4.79 Å². The molecule has 1 rings (SSSR count). The minimum Gasteiger partial charge on any atom is -0.472 e. The van der Waals surface area contributed by atoms with E-state index in [9.17, 15) is 9.59 Å². The zero-order valence-electron chi connectivity index (χ0n) is 12.2. The highest BCUT2D eigenvalue weighted by Crippen LogP contribution is 2.08. The number of alkyl carbamates (subject to hydrolysis) is 1. The number of ether oxygens (including phenoxy) is 2. The lowest BCUT2D eigenvalue weighted by atomic mass is 10.2. The molecule has 0 aliphatic heterocycles. The highest BCUT2D eigenvalue weighted by atomic mass is 16.6. The number of rotatable bonds is 5. The maximum Gasteiger partial charge on any atom is 0.407 e. The number of hydrogen-bond donors (Lipinski definition) is 1. The van der Waals surface area contributed by atoms with Crippen LogP contribution in [0.2, 0.25) is 0 Å². The summed E-state index contributed by atoms with van der Waals surface area (Å²) < 4.78 is 15.0. The summed E-state index contributed by atoms with van der Waals surface area (Å²) in [5.74, 6) is -0.616. The van der Waals surface area contributed by atoms with E-state index in [2.05, 4.69) is 5.32 Å². The Balaban J connectivity index is 2.49. The molecule has 0 saturated heterocycles. The molecule has 0 unspecified atom stereocenters. The van der Waals surface area contributed by atoms with Crippen molar-refractivity contribution in [1.29, 1.82) is 5.26 Å². The molecule has 1 aromatic heterocycles. The number of nitriles is 1. The van der Waals surface area contributed by atoms with Crippen molar-refractivity contribution >= 4 is 12.1 Å². The van der Waals surface area contributed by atoms with E-state index in [1.807, 2.05) is 6.07 Å². The largest absolute Gasteiger partial charge is 0.472 e. The first-order valence-corrected chi connectivity index (χ1v) is 6.39. The van der Waals surface area contributed by atoms with Crippen molar-refractivity contribution in [2.24, 2.45) is 0 Å². The Labute approximate surface area is 122 Å². The molecule has 0 fully saturated rings. The lowest BCUT2D eigenvalue weighted by molar-refractivity contribution is 0.0263. The lowest BCUT2D eigenvalue weighted by Gasteiger charge is -2.21. The van der Waals surface area contributed by atoms with Gasteiger partial charge >= 0.3 is 12.1 Å². The summed E-state index contributed by atoms with van der Waals surface area (Å²) in [5.41, 5.74) is -0.377. The van der Waals surface area contributed by atoms with Crippen LogP contribution in [0.5, 0.6) is 0 Å². The number of amides is 1. The first-order chi connectivity index (χ1) is 9.81. The van der Waals surface area contributed by atoms with Crippen molar-refractivity contribution in [3.63, 3.8) is 0 Å². The van der Waals surface area contributed by atoms with Crippen LogP contribution < -0.4 is 5.32 Å². The van der Waals surface area contributed by atoms with Crippen LogP contribution >= 0.6 is 0 Å². The molecular weight excluding hydrogens is 276 g/mol. The van der Waals surface area contributed by atoms with Crippen LogP contribution in [0, 0.1) is 11.3 Å². The summed E-state index contributed by atoms with van der Waals surface area (Å²) in [5, 5.41) is 11.2. The van der Waals surface area contributed by atoms with Gasteiger partial charge in [0.25, 0.3) is 0 Å². The molecule has 0 saturated carbocycles. The number of hydrogen-bond acceptors (Lipinski definition) is 6. The van der Waals surface area contributed by atoms with Crippen LogP contribution in [0.3, 0.4) is 0 Å². The first-order valence-electron chi connectivity index (χ1n) is 6.39. The minimum atomic E-state index is -0.759. The van der Waals surface area contributed by atoms with Gasteiger partial charge in [-0.2, -0.15) is 5.26 Å². The lowest BCUT2D eigenvalue weighted by Crippen LogP contribution is -2.38. The number of furan rings is 1. The molecule has 7 nitrogen and oxygen atoms in total.